The van der Waals surface area contributed by atoms with Gasteiger partial charge in [-0.05, 0) is 54.8 Å². The zero-order valence-corrected chi connectivity index (χ0v) is 18.5. The van der Waals surface area contributed by atoms with Crippen molar-refractivity contribution in [2.75, 3.05) is 11.4 Å². The highest BCUT2D eigenvalue weighted by Gasteiger charge is 2.58. The van der Waals surface area contributed by atoms with E-state index in [1.165, 1.54) is 41.3 Å². The number of hydrogen-bond donors (Lipinski definition) is 1. The molecule has 1 N–H and O–H groups in total. The predicted molar refractivity (Wildman–Crippen MR) is 119 cm³/mol. The van der Waals surface area contributed by atoms with Crippen LogP contribution in [-0.2, 0) is 20.9 Å². The van der Waals surface area contributed by atoms with Gasteiger partial charge in [0.15, 0.2) is 6.10 Å². The molecule has 3 aliphatic rings. The number of imide groups is 1. The van der Waals surface area contributed by atoms with Crippen LogP contribution in [0.5, 0.6) is 0 Å². The molecule has 4 amide bonds. The number of anilines is 1. The van der Waals surface area contributed by atoms with E-state index in [2.05, 4.69) is 5.32 Å². The van der Waals surface area contributed by atoms with Gasteiger partial charge in [0.25, 0.3) is 5.91 Å². The number of fused-ring (bicyclic) bond motifs is 3. The Bertz CT molecular complexity index is 1090. The molecule has 4 atom stereocenters. The van der Waals surface area contributed by atoms with Crippen molar-refractivity contribution in [3.8, 4) is 0 Å². The first-order valence-electron chi connectivity index (χ1n) is 11.5. The van der Waals surface area contributed by atoms with Gasteiger partial charge in [-0.2, -0.15) is 0 Å². The van der Waals surface area contributed by atoms with Gasteiger partial charge in [-0.15, -0.1) is 0 Å². The molecule has 34 heavy (non-hydrogen) atoms. The Morgan fingerprint density at radius 1 is 0.971 bits per heavy atom. The standard InChI is InChI=1S/C25H25F2N3O4/c26-16-7-5-15(6-8-16)13-28-21(31)14-29-22-19-3-1-2-4-20(19)34-23(22)24(32)30(25(29)33)18-11-9-17(27)10-12-18/h5-12,19-20,22-23H,1-4,13-14H2,(H,28,31). The molecule has 4 unspecified atom stereocenters. The minimum absolute atomic E-state index is 0.0214. The Kier molecular flexibility index (Phi) is 6.03. The molecule has 178 valence electrons. The van der Waals surface area contributed by atoms with Crippen molar-refractivity contribution >= 4 is 23.5 Å². The van der Waals surface area contributed by atoms with Gasteiger partial charge in [0, 0.05) is 12.5 Å². The van der Waals surface area contributed by atoms with Gasteiger partial charge < -0.3 is 15.0 Å². The molecule has 1 saturated carbocycles. The van der Waals surface area contributed by atoms with Crippen LogP contribution in [0.3, 0.4) is 0 Å². The number of amides is 4. The monoisotopic (exact) mass is 469 g/mol. The van der Waals surface area contributed by atoms with Gasteiger partial charge in [-0.3, -0.25) is 9.59 Å². The van der Waals surface area contributed by atoms with Gasteiger partial charge in [0.05, 0.1) is 17.8 Å². The maximum absolute atomic E-state index is 13.5. The predicted octanol–water partition coefficient (Wildman–Crippen LogP) is 3.38. The number of urea groups is 1. The highest BCUT2D eigenvalue weighted by Crippen LogP contribution is 2.43. The first kappa shape index (κ1) is 22.5. The molecular weight excluding hydrogens is 444 g/mol. The SMILES string of the molecule is O=C(CN1C(=O)N(c2ccc(F)cc2)C(=O)C2OC3CCCCC3C21)NCc1ccc(F)cc1. The minimum Gasteiger partial charge on any atom is -0.363 e. The summed E-state index contributed by atoms with van der Waals surface area (Å²) in [5, 5.41) is 2.76. The Balaban J connectivity index is 1.39. The van der Waals surface area contributed by atoms with Gasteiger partial charge >= 0.3 is 6.03 Å². The average molecular weight is 469 g/mol. The van der Waals surface area contributed by atoms with Crippen molar-refractivity contribution in [3.63, 3.8) is 0 Å². The summed E-state index contributed by atoms with van der Waals surface area (Å²) in [5.41, 5.74) is 0.947. The van der Waals surface area contributed by atoms with Crippen LogP contribution in [0.2, 0.25) is 0 Å². The Morgan fingerprint density at radius 2 is 1.62 bits per heavy atom. The van der Waals surface area contributed by atoms with Crippen LogP contribution in [0.15, 0.2) is 48.5 Å². The van der Waals surface area contributed by atoms with E-state index >= 15 is 0 Å². The lowest BCUT2D eigenvalue weighted by Crippen LogP contribution is -2.66. The van der Waals surface area contributed by atoms with Crippen LogP contribution < -0.4 is 10.2 Å². The Labute approximate surface area is 195 Å². The number of carbonyl (C=O) groups excluding carboxylic acids is 3. The third-order valence-corrected chi connectivity index (χ3v) is 6.89. The number of nitrogens with zero attached hydrogens (tertiary/aromatic N) is 2. The molecule has 2 saturated heterocycles. The van der Waals surface area contributed by atoms with Crippen molar-refractivity contribution < 1.29 is 27.9 Å². The summed E-state index contributed by atoms with van der Waals surface area (Å²) in [5.74, 6) is -1.76. The second-order valence-corrected chi connectivity index (χ2v) is 9.00. The second-order valence-electron chi connectivity index (χ2n) is 9.00. The summed E-state index contributed by atoms with van der Waals surface area (Å²) in [6, 6.07) is 9.70. The number of halogens is 2. The van der Waals surface area contributed by atoms with Gasteiger partial charge in [-0.1, -0.05) is 25.0 Å². The first-order chi connectivity index (χ1) is 16.4. The Hall–Kier alpha value is -3.33. The number of ether oxygens (including phenoxy) is 1. The summed E-state index contributed by atoms with van der Waals surface area (Å²) in [6.07, 6.45) is 2.57. The number of nitrogens with one attached hydrogen (secondary N) is 1. The van der Waals surface area contributed by atoms with Crippen LogP contribution in [0, 0.1) is 17.6 Å². The van der Waals surface area contributed by atoms with Gasteiger partial charge in [-0.25, -0.2) is 18.5 Å². The molecule has 1 aliphatic carbocycles. The smallest absolute Gasteiger partial charge is 0.332 e. The van der Waals surface area contributed by atoms with Gasteiger partial charge in [0.2, 0.25) is 5.91 Å². The molecule has 2 aromatic carbocycles. The minimum atomic E-state index is -0.874. The van der Waals surface area contributed by atoms with E-state index < -0.39 is 35.8 Å². The molecule has 5 rings (SSSR count). The quantitative estimate of drug-likeness (QED) is 0.728. The number of rotatable bonds is 5. The third kappa shape index (κ3) is 4.16. The summed E-state index contributed by atoms with van der Waals surface area (Å²) in [4.78, 5) is 42.1. The number of hydrogen-bond acceptors (Lipinski definition) is 4. The molecule has 0 radical (unpaired) electrons. The van der Waals surface area contributed by atoms with Crippen LogP contribution in [0.4, 0.5) is 19.3 Å². The normalized spacial score (nSPS) is 26.3. The molecule has 2 aromatic rings. The van der Waals surface area contributed by atoms with E-state index in [0.29, 0.717) is 0 Å². The molecule has 7 nitrogen and oxygen atoms in total. The van der Waals surface area contributed by atoms with Crippen LogP contribution >= 0.6 is 0 Å². The van der Waals surface area contributed by atoms with Crippen molar-refractivity contribution in [2.45, 2.75) is 50.5 Å². The molecule has 2 aliphatic heterocycles. The lowest BCUT2D eigenvalue weighted by molar-refractivity contribution is -0.134. The number of carbonyl (C=O) groups is 3. The third-order valence-electron chi connectivity index (χ3n) is 6.89. The van der Waals surface area contributed by atoms with Gasteiger partial charge in [0.1, 0.15) is 18.2 Å². The fourth-order valence-electron chi connectivity index (χ4n) is 5.27. The average Bonchev–Trinajstić information content (AvgIpc) is 3.23. The first-order valence-corrected chi connectivity index (χ1v) is 11.5. The fourth-order valence-corrected chi connectivity index (χ4v) is 5.27. The van der Waals surface area contributed by atoms with Crippen LogP contribution in [0.25, 0.3) is 0 Å². The summed E-state index contributed by atoms with van der Waals surface area (Å²) >= 11 is 0. The highest BCUT2D eigenvalue weighted by molar-refractivity contribution is 6.18. The lowest BCUT2D eigenvalue weighted by Gasteiger charge is -2.42. The second kappa shape index (κ2) is 9.13. The van der Waals surface area contributed by atoms with E-state index in [0.717, 1.165) is 36.1 Å². The van der Waals surface area contributed by atoms with Crippen LogP contribution in [-0.4, -0.2) is 47.5 Å². The summed E-state index contributed by atoms with van der Waals surface area (Å²) in [6.45, 7) is -0.0723. The zero-order chi connectivity index (χ0) is 23.8. The van der Waals surface area contributed by atoms with Crippen molar-refractivity contribution in [1.82, 2.24) is 10.2 Å². The van der Waals surface area contributed by atoms with Crippen molar-refractivity contribution in [2.24, 2.45) is 5.92 Å². The van der Waals surface area contributed by atoms with Crippen molar-refractivity contribution in [3.05, 3.63) is 65.7 Å². The molecule has 0 spiro atoms. The highest BCUT2D eigenvalue weighted by atomic mass is 19.1. The molecule has 3 fully saturated rings. The zero-order valence-electron chi connectivity index (χ0n) is 18.5. The molecule has 0 bridgehead atoms. The molecule has 9 heteroatoms. The topological polar surface area (TPSA) is 79.0 Å². The fraction of sp³-hybridized carbons (Fsp3) is 0.400. The Morgan fingerprint density at radius 3 is 2.32 bits per heavy atom. The molecular formula is C25H25F2N3O4. The lowest BCUT2D eigenvalue weighted by atomic mass is 9.81. The maximum Gasteiger partial charge on any atom is 0.332 e. The summed E-state index contributed by atoms with van der Waals surface area (Å²) in [7, 11) is 0. The molecule has 0 aromatic heterocycles. The van der Waals surface area contributed by atoms with E-state index in [-0.39, 0.29) is 36.6 Å². The summed E-state index contributed by atoms with van der Waals surface area (Å²) < 4.78 is 32.7. The maximum atomic E-state index is 13.5. The molecule has 2 heterocycles. The van der Waals surface area contributed by atoms with Crippen LogP contribution in [0.1, 0.15) is 31.2 Å². The largest absolute Gasteiger partial charge is 0.363 e. The van der Waals surface area contributed by atoms with E-state index in [1.807, 2.05) is 0 Å². The van der Waals surface area contributed by atoms with E-state index in [1.54, 1.807) is 12.1 Å². The van der Waals surface area contributed by atoms with E-state index in [4.69, 9.17) is 4.74 Å². The van der Waals surface area contributed by atoms with E-state index in [9.17, 15) is 23.2 Å². The van der Waals surface area contributed by atoms with Crippen molar-refractivity contribution in [1.29, 1.82) is 0 Å². The number of benzene rings is 2.